The molecule has 1 aromatic rings. The Morgan fingerprint density at radius 1 is 1.23 bits per heavy atom. The van der Waals surface area contributed by atoms with Gasteiger partial charge in [0.2, 0.25) is 0 Å². The minimum absolute atomic E-state index is 0.101. The first-order chi connectivity index (χ1) is 6.36. The summed E-state index contributed by atoms with van der Waals surface area (Å²) >= 11 is 0. The van der Waals surface area contributed by atoms with Crippen LogP contribution in [0.4, 0.5) is 0 Å². The molecule has 0 radical (unpaired) electrons. The van der Waals surface area contributed by atoms with Crippen molar-refractivity contribution in [3.63, 3.8) is 0 Å². The number of ether oxygens (including phenoxy) is 1. The standard InChI is InChI=1S/C11H14O2/c1-2-13-8-7-10-3-5-11(9-12)6-4-10/h2-6,12H,1,7-9H2. The van der Waals surface area contributed by atoms with E-state index in [-0.39, 0.29) is 6.61 Å². The van der Waals surface area contributed by atoms with Crippen molar-refractivity contribution in [2.45, 2.75) is 13.0 Å². The van der Waals surface area contributed by atoms with Crippen LogP contribution >= 0.6 is 0 Å². The van der Waals surface area contributed by atoms with Gasteiger partial charge in [-0.1, -0.05) is 30.8 Å². The van der Waals surface area contributed by atoms with E-state index in [1.165, 1.54) is 11.8 Å². The highest BCUT2D eigenvalue weighted by molar-refractivity contribution is 5.21. The molecule has 0 saturated carbocycles. The fourth-order valence-electron chi connectivity index (χ4n) is 1.07. The van der Waals surface area contributed by atoms with E-state index in [2.05, 4.69) is 6.58 Å². The average molecular weight is 178 g/mol. The second-order valence-corrected chi connectivity index (χ2v) is 2.76. The Kier molecular flexibility index (Phi) is 4.06. The van der Waals surface area contributed by atoms with Crippen LogP contribution in [-0.4, -0.2) is 11.7 Å². The molecule has 0 heterocycles. The third-order valence-corrected chi connectivity index (χ3v) is 1.83. The quantitative estimate of drug-likeness (QED) is 0.551. The smallest absolute Gasteiger partial charge is 0.0913 e. The van der Waals surface area contributed by atoms with Gasteiger partial charge in [0.25, 0.3) is 0 Å². The first-order valence-corrected chi connectivity index (χ1v) is 4.28. The molecule has 1 rings (SSSR count). The molecule has 0 amide bonds. The molecule has 0 atom stereocenters. The molecule has 0 aliphatic rings. The van der Waals surface area contributed by atoms with Gasteiger partial charge in [0.05, 0.1) is 19.5 Å². The minimum atomic E-state index is 0.101. The minimum Gasteiger partial charge on any atom is -0.501 e. The predicted octanol–water partition coefficient (Wildman–Crippen LogP) is 1.88. The number of rotatable bonds is 5. The van der Waals surface area contributed by atoms with Crippen LogP contribution in [0.1, 0.15) is 11.1 Å². The van der Waals surface area contributed by atoms with Crippen LogP contribution in [0.15, 0.2) is 37.1 Å². The van der Waals surface area contributed by atoms with E-state index in [0.29, 0.717) is 6.61 Å². The van der Waals surface area contributed by atoms with Crippen LogP contribution in [0.3, 0.4) is 0 Å². The maximum atomic E-state index is 8.80. The Morgan fingerprint density at radius 3 is 2.38 bits per heavy atom. The average Bonchev–Trinajstić information content (AvgIpc) is 2.19. The lowest BCUT2D eigenvalue weighted by Crippen LogP contribution is -1.93. The van der Waals surface area contributed by atoms with Gasteiger partial charge in [-0.25, -0.2) is 0 Å². The van der Waals surface area contributed by atoms with E-state index in [1.807, 2.05) is 24.3 Å². The summed E-state index contributed by atoms with van der Waals surface area (Å²) in [5.41, 5.74) is 2.15. The molecule has 0 bridgehead atoms. The highest BCUT2D eigenvalue weighted by Crippen LogP contribution is 2.05. The molecule has 0 aliphatic carbocycles. The number of benzene rings is 1. The zero-order chi connectivity index (χ0) is 9.52. The zero-order valence-electron chi connectivity index (χ0n) is 7.57. The van der Waals surface area contributed by atoms with Crippen LogP contribution in [-0.2, 0) is 17.8 Å². The lowest BCUT2D eigenvalue weighted by molar-refractivity contribution is 0.255. The van der Waals surface area contributed by atoms with Crippen LogP contribution in [0.2, 0.25) is 0 Å². The summed E-state index contributed by atoms with van der Waals surface area (Å²) in [6, 6.07) is 7.84. The van der Waals surface area contributed by atoms with Crippen molar-refractivity contribution in [3.05, 3.63) is 48.2 Å². The molecule has 0 aliphatic heterocycles. The van der Waals surface area contributed by atoms with Crippen molar-refractivity contribution in [2.24, 2.45) is 0 Å². The maximum absolute atomic E-state index is 8.80. The monoisotopic (exact) mass is 178 g/mol. The largest absolute Gasteiger partial charge is 0.501 e. The number of aliphatic hydroxyl groups excluding tert-OH is 1. The first-order valence-electron chi connectivity index (χ1n) is 4.28. The molecule has 1 aromatic carbocycles. The third-order valence-electron chi connectivity index (χ3n) is 1.83. The molecule has 0 fully saturated rings. The normalized spacial score (nSPS) is 9.62. The summed E-state index contributed by atoms with van der Waals surface area (Å²) in [5.74, 6) is 0. The molecule has 0 spiro atoms. The molecule has 13 heavy (non-hydrogen) atoms. The maximum Gasteiger partial charge on any atom is 0.0913 e. The summed E-state index contributed by atoms with van der Waals surface area (Å²) in [7, 11) is 0. The van der Waals surface area contributed by atoms with Gasteiger partial charge in [-0.2, -0.15) is 0 Å². The Morgan fingerprint density at radius 2 is 1.85 bits per heavy atom. The fraction of sp³-hybridized carbons (Fsp3) is 0.273. The van der Waals surface area contributed by atoms with Gasteiger partial charge >= 0.3 is 0 Å². The van der Waals surface area contributed by atoms with E-state index in [4.69, 9.17) is 9.84 Å². The zero-order valence-corrected chi connectivity index (χ0v) is 7.57. The molecular formula is C11H14O2. The van der Waals surface area contributed by atoms with E-state index < -0.39 is 0 Å². The van der Waals surface area contributed by atoms with Gasteiger partial charge in [-0.3, -0.25) is 0 Å². The summed E-state index contributed by atoms with van der Waals surface area (Å²) in [5, 5.41) is 8.80. The molecule has 2 heteroatoms. The van der Waals surface area contributed by atoms with Crippen LogP contribution < -0.4 is 0 Å². The second-order valence-electron chi connectivity index (χ2n) is 2.76. The Bertz CT molecular complexity index is 251. The summed E-state index contributed by atoms with van der Waals surface area (Å²) in [6.45, 7) is 4.22. The van der Waals surface area contributed by atoms with E-state index >= 15 is 0 Å². The highest BCUT2D eigenvalue weighted by atomic mass is 16.5. The van der Waals surface area contributed by atoms with Crippen molar-refractivity contribution in [1.82, 2.24) is 0 Å². The van der Waals surface area contributed by atoms with Gasteiger partial charge in [0, 0.05) is 6.42 Å². The van der Waals surface area contributed by atoms with Crippen LogP contribution in [0.5, 0.6) is 0 Å². The van der Waals surface area contributed by atoms with Crippen molar-refractivity contribution in [2.75, 3.05) is 6.61 Å². The third kappa shape index (κ3) is 3.30. The van der Waals surface area contributed by atoms with Crippen molar-refractivity contribution in [3.8, 4) is 0 Å². The SMILES string of the molecule is C=COCCc1ccc(CO)cc1. The highest BCUT2D eigenvalue weighted by Gasteiger charge is 1.93. The van der Waals surface area contributed by atoms with Crippen LogP contribution in [0.25, 0.3) is 0 Å². The van der Waals surface area contributed by atoms with Gasteiger partial charge < -0.3 is 9.84 Å². The molecule has 0 unspecified atom stereocenters. The number of hydrogen-bond acceptors (Lipinski definition) is 2. The topological polar surface area (TPSA) is 29.5 Å². The van der Waals surface area contributed by atoms with Gasteiger partial charge in [-0.05, 0) is 11.1 Å². The van der Waals surface area contributed by atoms with E-state index in [1.54, 1.807) is 0 Å². The molecule has 2 nitrogen and oxygen atoms in total. The molecule has 0 saturated heterocycles. The number of hydrogen-bond donors (Lipinski definition) is 1. The Hall–Kier alpha value is -1.28. The first kappa shape index (κ1) is 9.81. The van der Waals surface area contributed by atoms with Crippen molar-refractivity contribution < 1.29 is 9.84 Å². The van der Waals surface area contributed by atoms with Gasteiger partial charge in [-0.15, -0.1) is 0 Å². The summed E-state index contributed by atoms with van der Waals surface area (Å²) in [6.07, 6.45) is 2.32. The fourth-order valence-corrected chi connectivity index (χ4v) is 1.07. The van der Waals surface area contributed by atoms with Gasteiger partial charge in [0.15, 0.2) is 0 Å². The Balaban J connectivity index is 2.44. The second kappa shape index (κ2) is 5.38. The Labute approximate surface area is 78.5 Å². The number of aliphatic hydroxyl groups is 1. The summed E-state index contributed by atoms with van der Waals surface area (Å²) in [4.78, 5) is 0. The van der Waals surface area contributed by atoms with E-state index in [9.17, 15) is 0 Å². The van der Waals surface area contributed by atoms with Crippen molar-refractivity contribution in [1.29, 1.82) is 0 Å². The van der Waals surface area contributed by atoms with Crippen molar-refractivity contribution >= 4 is 0 Å². The van der Waals surface area contributed by atoms with E-state index in [0.717, 1.165) is 12.0 Å². The predicted molar refractivity (Wildman–Crippen MR) is 52.2 cm³/mol. The molecule has 0 aromatic heterocycles. The lowest BCUT2D eigenvalue weighted by Gasteiger charge is -2.02. The molecule has 1 N–H and O–H groups in total. The lowest BCUT2D eigenvalue weighted by atomic mass is 10.1. The summed E-state index contributed by atoms with van der Waals surface area (Å²) < 4.78 is 5.01. The molecular weight excluding hydrogens is 164 g/mol. The molecule has 70 valence electrons. The van der Waals surface area contributed by atoms with Gasteiger partial charge in [0.1, 0.15) is 0 Å². The van der Waals surface area contributed by atoms with Crippen LogP contribution in [0, 0.1) is 0 Å².